The molecule has 1 heterocycles. The van der Waals surface area contributed by atoms with E-state index < -0.39 is 0 Å². The van der Waals surface area contributed by atoms with Gasteiger partial charge in [0.15, 0.2) is 0 Å². The van der Waals surface area contributed by atoms with Crippen LogP contribution in [0, 0.1) is 5.41 Å². The molecule has 1 fully saturated rings. The zero-order valence-electron chi connectivity index (χ0n) is 10.5. The maximum atomic E-state index is 6.14. The van der Waals surface area contributed by atoms with Crippen LogP contribution in [0.3, 0.4) is 0 Å². The van der Waals surface area contributed by atoms with E-state index in [1.165, 1.54) is 25.7 Å². The van der Waals surface area contributed by atoms with E-state index in [0.717, 1.165) is 5.69 Å². The van der Waals surface area contributed by atoms with Gasteiger partial charge in [-0.1, -0.05) is 38.3 Å². The van der Waals surface area contributed by atoms with Crippen LogP contribution in [0.15, 0.2) is 12.4 Å². The summed E-state index contributed by atoms with van der Waals surface area (Å²) in [5.41, 5.74) is 7.67. The number of aromatic nitrogens is 1. The Bertz CT molecular complexity index is 383. The predicted octanol–water partition coefficient (Wildman–Crippen LogP) is 3.70. The molecular weight excluding hydrogens is 234 g/mol. The molecule has 3 nitrogen and oxygen atoms in total. The smallest absolute Gasteiger partial charge is 0.0841 e. The maximum absolute atomic E-state index is 6.14. The molecule has 0 bridgehead atoms. The average Bonchev–Trinajstić information content (AvgIpc) is 2.25. The second kappa shape index (κ2) is 4.73. The molecule has 1 aliphatic rings. The SMILES string of the molecule is CC1(C)CCCCC1Nc1c(N)cncc1Cl. The summed E-state index contributed by atoms with van der Waals surface area (Å²) in [5.74, 6) is 0. The zero-order valence-corrected chi connectivity index (χ0v) is 11.2. The molecule has 1 unspecified atom stereocenters. The first-order valence-electron chi connectivity index (χ1n) is 6.16. The Morgan fingerprint density at radius 2 is 2.18 bits per heavy atom. The molecule has 1 saturated carbocycles. The minimum Gasteiger partial charge on any atom is -0.396 e. The third-order valence-corrected chi connectivity index (χ3v) is 4.04. The maximum Gasteiger partial charge on any atom is 0.0841 e. The van der Waals surface area contributed by atoms with Crippen molar-refractivity contribution in [2.24, 2.45) is 5.41 Å². The second-order valence-corrected chi connectivity index (χ2v) is 5.92. The van der Waals surface area contributed by atoms with Crippen molar-refractivity contribution in [3.63, 3.8) is 0 Å². The predicted molar refractivity (Wildman–Crippen MR) is 73.3 cm³/mol. The van der Waals surface area contributed by atoms with Crippen LogP contribution in [0.4, 0.5) is 11.4 Å². The summed E-state index contributed by atoms with van der Waals surface area (Å²) in [6.45, 7) is 4.60. The standard InChI is InChI=1S/C13H20ClN3/c1-13(2)6-4-3-5-11(13)17-12-9(14)7-16-8-10(12)15/h7-8,11H,3-6,15H2,1-2H3,(H,16,17). The molecule has 0 aromatic carbocycles. The van der Waals surface area contributed by atoms with Gasteiger partial charge >= 0.3 is 0 Å². The van der Waals surface area contributed by atoms with E-state index in [1.807, 2.05) is 0 Å². The van der Waals surface area contributed by atoms with Gasteiger partial charge in [0.25, 0.3) is 0 Å². The van der Waals surface area contributed by atoms with Crippen LogP contribution in [0.2, 0.25) is 5.02 Å². The van der Waals surface area contributed by atoms with E-state index >= 15 is 0 Å². The van der Waals surface area contributed by atoms with Crippen LogP contribution in [0.1, 0.15) is 39.5 Å². The quantitative estimate of drug-likeness (QED) is 0.845. The Kier molecular flexibility index (Phi) is 3.48. The molecule has 0 aliphatic heterocycles. The number of hydrogen-bond acceptors (Lipinski definition) is 3. The highest BCUT2D eigenvalue weighted by atomic mass is 35.5. The molecule has 0 amide bonds. The Labute approximate surface area is 108 Å². The largest absolute Gasteiger partial charge is 0.396 e. The Morgan fingerprint density at radius 3 is 2.82 bits per heavy atom. The minimum absolute atomic E-state index is 0.289. The Morgan fingerprint density at radius 1 is 1.41 bits per heavy atom. The first kappa shape index (κ1) is 12.5. The van der Waals surface area contributed by atoms with Crippen molar-refractivity contribution in [3.8, 4) is 0 Å². The molecule has 1 aromatic heterocycles. The number of anilines is 2. The van der Waals surface area contributed by atoms with Crippen LogP contribution in [0.5, 0.6) is 0 Å². The van der Waals surface area contributed by atoms with Crippen molar-refractivity contribution >= 4 is 23.0 Å². The summed E-state index contributed by atoms with van der Waals surface area (Å²) >= 11 is 6.14. The number of hydrogen-bond donors (Lipinski definition) is 2. The highest BCUT2D eigenvalue weighted by molar-refractivity contribution is 6.33. The van der Waals surface area contributed by atoms with Crippen molar-refractivity contribution in [1.82, 2.24) is 4.98 Å². The zero-order chi connectivity index (χ0) is 12.5. The minimum atomic E-state index is 0.289. The summed E-state index contributed by atoms with van der Waals surface area (Å²) in [7, 11) is 0. The van der Waals surface area contributed by atoms with Crippen molar-refractivity contribution in [2.45, 2.75) is 45.6 Å². The molecule has 94 valence electrons. The summed E-state index contributed by atoms with van der Waals surface area (Å²) in [5, 5.41) is 4.11. The average molecular weight is 254 g/mol. The van der Waals surface area contributed by atoms with E-state index in [2.05, 4.69) is 24.1 Å². The highest BCUT2D eigenvalue weighted by Gasteiger charge is 2.32. The fourth-order valence-electron chi connectivity index (χ4n) is 2.54. The molecule has 2 rings (SSSR count). The monoisotopic (exact) mass is 253 g/mol. The lowest BCUT2D eigenvalue weighted by atomic mass is 9.73. The first-order chi connectivity index (χ1) is 8.00. The summed E-state index contributed by atoms with van der Waals surface area (Å²) in [6, 6.07) is 0.429. The molecule has 0 saturated heterocycles. The summed E-state index contributed by atoms with van der Waals surface area (Å²) in [4.78, 5) is 3.98. The molecule has 17 heavy (non-hydrogen) atoms. The number of nitrogens with zero attached hydrogens (tertiary/aromatic N) is 1. The van der Waals surface area contributed by atoms with Gasteiger partial charge in [0.1, 0.15) is 0 Å². The van der Waals surface area contributed by atoms with E-state index in [9.17, 15) is 0 Å². The van der Waals surface area contributed by atoms with E-state index in [4.69, 9.17) is 17.3 Å². The Hall–Kier alpha value is -0.960. The van der Waals surface area contributed by atoms with Gasteiger partial charge in [-0.05, 0) is 18.3 Å². The van der Waals surface area contributed by atoms with Crippen molar-refractivity contribution < 1.29 is 0 Å². The van der Waals surface area contributed by atoms with Crippen molar-refractivity contribution in [3.05, 3.63) is 17.4 Å². The van der Waals surface area contributed by atoms with Crippen molar-refractivity contribution in [2.75, 3.05) is 11.1 Å². The van der Waals surface area contributed by atoms with Gasteiger partial charge in [-0.25, -0.2) is 0 Å². The fraction of sp³-hybridized carbons (Fsp3) is 0.615. The second-order valence-electron chi connectivity index (χ2n) is 5.52. The molecule has 0 spiro atoms. The number of nitrogens with two attached hydrogens (primary N) is 1. The molecule has 3 N–H and O–H groups in total. The number of pyridine rings is 1. The fourth-order valence-corrected chi connectivity index (χ4v) is 2.76. The normalized spacial score (nSPS) is 23.4. The van der Waals surface area contributed by atoms with E-state index in [-0.39, 0.29) is 5.41 Å². The van der Waals surface area contributed by atoms with Crippen molar-refractivity contribution in [1.29, 1.82) is 0 Å². The van der Waals surface area contributed by atoms with Gasteiger partial charge in [0, 0.05) is 12.2 Å². The molecule has 1 atom stereocenters. The summed E-state index contributed by atoms with van der Waals surface area (Å²) in [6.07, 6.45) is 8.27. The number of halogens is 1. The lowest BCUT2D eigenvalue weighted by Crippen LogP contribution is -2.39. The highest BCUT2D eigenvalue weighted by Crippen LogP contribution is 2.39. The molecule has 4 heteroatoms. The number of nitrogens with one attached hydrogen (secondary N) is 1. The summed E-state index contributed by atoms with van der Waals surface area (Å²) < 4.78 is 0. The molecular formula is C13H20ClN3. The lowest BCUT2D eigenvalue weighted by Gasteiger charge is -2.40. The van der Waals surface area contributed by atoms with Crippen LogP contribution < -0.4 is 11.1 Å². The van der Waals surface area contributed by atoms with E-state index in [0.29, 0.717) is 16.8 Å². The van der Waals surface area contributed by atoms with Gasteiger partial charge in [-0.3, -0.25) is 4.98 Å². The van der Waals surface area contributed by atoms with E-state index in [1.54, 1.807) is 12.4 Å². The number of nitrogen functional groups attached to an aromatic ring is 1. The van der Waals surface area contributed by atoms with Gasteiger partial charge < -0.3 is 11.1 Å². The molecule has 1 aliphatic carbocycles. The van der Waals surface area contributed by atoms with Gasteiger partial charge in [-0.15, -0.1) is 0 Å². The third-order valence-electron chi connectivity index (χ3n) is 3.75. The molecule has 1 aromatic rings. The van der Waals surface area contributed by atoms with Crippen LogP contribution in [0.25, 0.3) is 0 Å². The first-order valence-corrected chi connectivity index (χ1v) is 6.54. The molecule has 0 radical (unpaired) electrons. The third kappa shape index (κ3) is 2.65. The van der Waals surface area contributed by atoms with Gasteiger partial charge in [0.2, 0.25) is 0 Å². The number of rotatable bonds is 2. The topological polar surface area (TPSA) is 50.9 Å². The van der Waals surface area contributed by atoms with Gasteiger partial charge in [0.05, 0.1) is 22.6 Å². The van der Waals surface area contributed by atoms with Crippen LogP contribution in [-0.2, 0) is 0 Å². The Balaban J connectivity index is 2.20. The van der Waals surface area contributed by atoms with Gasteiger partial charge in [-0.2, -0.15) is 0 Å². The van der Waals surface area contributed by atoms with Crippen LogP contribution >= 0.6 is 11.6 Å². The van der Waals surface area contributed by atoms with Crippen LogP contribution in [-0.4, -0.2) is 11.0 Å². The lowest BCUT2D eigenvalue weighted by molar-refractivity contribution is 0.217.